The summed E-state index contributed by atoms with van der Waals surface area (Å²) in [5, 5.41) is 0.505. The van der Waals surface area contributed by atoms with Gasteiger partial charge in [0.25, 0.3) is 5.91 Å². The van der Waals surface area contributed by atoms with Crippen LogP contribution in [0.15, 0.2) is 48.8 Å². The van der Waals surface area contributed by atoms with Gasteiger partial charge in [-0.25, -0.2) is 0 Å². The third-order valence-corrected chi connectivity index (χ3v) is 4.47. The summed E-state index contributed by atoms with van der Waals surface area (Å²) in [6, 6.07) is 11.2. The van der Waals surface area contributed by atoms with E-state index in [1.54, 1.807) is 25.4 Å². The molecule has 3 rings (SSSR count). The molecule has 5 nitrogen and oxygen atoms in total. The largest absolute Gasteiger partial charge is 0.489 e. The highest BCUT2D eigenvalue weighted by atomic mass is 35.5. The van der Waals surface area contributed by atoms with E-state index in [0.717, 1.165) is 12.8 Å². The van der Waals surface area contributed by atoms with E-state index in [1.807, 2.05) is 35.2 Å². The first kappa shape index (κ1) is 17.5. The monoisotopic (exact) mass is 360 g/mol. The summed E-state index contributed by atoms with van der Waals surface area (Å²) in [7, 11) is 0. The molecule has 1 atom stereocenters. The second kappa shape index (κ2) is 8.21. The van der Waals surface area contributed by atoms with Gasteiger partial charge in [-0.2, -0.15) is 0 Å². The second-order valence-electron chi connectivity index (χ2n) is 6.02. The molecule has 0 aliphatic carbocycles. The Balaban J connectivity index is 1.50. The zero-order valence-corrected chi connectivity index (χ0v) is 14.9. The number of hydrogen-bond donors (Lipinski definition) is 0. The fourth-order valence-electron chi connectivity index (χ4n) is 2.84. The third-order valence-electron chi connectivity index (χ3n) is 4.19. The smallest absolute Gasteiger partial charge is 0.263 e. The maximum atomic E-state index is 12.6. The standard InChI is InChI=1S/C19H21ClN2O3/c1-14(24-15-5-3-2-4-6-15)19(23)22-11-8-16(9-12-22)25-18-7-10-21-13-17(18)20/h2-7,10,13-14,16H,8-9,11-12H2,1H3/t14-/m0/s1. The Kier molecular flexibility index (Phi) is 5.76. The number of aromatic nitrogens is 1. The SMILES string of the molecule is C[C@H](Oc1ccccc1)C(=O)N1CCC(Oc2ccncc2Cl)CC1. The van der Waals surface area contributed by atoms with E-state index in [-0.39, 0.29) is 12.0 Å². The molecule has 1 aliphatic heterocycles. The van der Waals surface area contributed by atoms with Gasteiger partial charge in [-0.3, -0.25) is 9.78 Å². The number of likely N-dealkylation sites (tertiary alicyclic amines) is 1. The fourth-order valence-corrected chi connectivity index (χ4v) is 3.01. The molecule has 0 saturated carbocycles. The summed E-state index contributed by atoms with van der Waals surface area (Å²) in [6.45, 7) is 3.08. The van der Waals surface area contributed by atoms with Gasteiger partial charge in [-0.15, -0.1) is 0 Å². The molecule has 1 aromatic carbocycles. The van der Waals surface area contributed by atoms with Crippen molar-refractivity contribution in [2.45, 2.75) is 32.0 Å². The molecule has 2 heterocycles. The highest BCUT2D eigenvalue weighted by Crippen LogP contribution is 2.26. The summed E-state index contributed by atoms with van der Waals surface area (Å²) in [6.07, 6.45) is 4.30. The fraction of sp³-hybridized carbons (Fsp3) is 0.368. The van der Waals surface area contributed by atoms with E-state index < -0.39 is 6.10 Å². The van der Waals surface area contributed by atoms with Crippen molar-refractivity contribution in [3.05, 3.63) is 53.8 Å². The number of carbonyl (C=O) groups is 1. The zero-order valence-electron chi connectivity index (χ0n) is 14.1. The van der Waals surface area contributed by atoms with Crippen LogP contribution in [0.5, 0.6) is 11.5 Å². The van der Waals surface area contributed by atoms with Crippen molar-refractivity contribution in [1.82, 2.24) is 9.88 Å². The van der Waals surface area contributed by atoms with Crippen LogP contribution in [0, 0.1) is 0 Å². The second-order valence-corrected chi connectivity index (χ2v) is 6.43. The van der Waals surface area contributed by atoms with Crippen LogP contribution in [-0.4, -0.2) is 41.1 Å². The molecule has 6 heteroatoms. The van der Waals surface area contributed by atoms with Crippen molar-refractivity contribution < 1.29 is 14.3 Å². The van der Waals surface area contributed by atoms with Gasteiger partial charge < -0.3 is 14.4 Å². The van der Waals surface area contributed by atoms with Gasteiger partial charge in [0.2, 0.25) is 0 Å². The lowest BCUT2D eigenvalue weighted by Gasteiger charge is -2.33. The molecule has 0 radical (unpaired) electrons. The number of hydrogen-bond acceptors (Lipinski definition) is 4. The molecule has 1 aliphatic rings. The van der Waals surface area contributed by atoms with E-state index in [0.29, 0.717) is 29.6 Å². The van der Waals surface area contributed by atoms with Gasteiger partial charge in [0.1, 0.15) is 22.6 Å². The molecule has 132 valence electrons. The van der Waals surface area contributed by atoms with Crippen molar-refractivity contribution in [2.24, 2.45) is 0 Å². The van der Waals surface area contributed by atoms with E-state index in [1.165, 1.54) is 0 Å². The quantitative estimate of drug-likeness (QED) is 0.817. The number of rotatable bonds is 5. The zero-order chi connectivity index (χ0) is 17.6. The number of para-hydroxylation sites is 1. The van der Waals surface area contributed by atoms with Crippen molar-refractivity contribution >= 4 is 17.5 Å². The highest BCUT2D eigenvalue weighted by Gasteiger charge is 2.28. The van der Waals surface area contributed by atoms with Gasteiger partial charge in [0.05, 0.1) is 0 Å². The van der Waals surface area contributed by atoms with Crippen molar-refractivity contribution in [3.8, 4) is 11.5 Å². The third kappa shape index (κ3) is 4.63. The Bertz CT molecular complexity index is 703. The van der Waals surface area contributed by atoms with Crippen molar-refractivity contribution in [1.29, 1.82) is 0 Å². The Morgan fingerprint density at radius 2 is 1.96 bits per heavy atom. The summed E-state index contributed by atoms with van der Waals surface area (Å²) in [5.41, 5.74) is 0. The molecule has 0 bridgehead atoms. The van der Waals surface area contributed by atoms with Gasteiger partial charge in [0, 0.05) is 44.4 Å². The lowest BCUT2D eigenvalue weighted by atomic mass is 10.1. The van der Waals surface area contributed by atoms with Crippen LogP contribution in [-0.2, 0) is 4.79 Å². The van der Waals surface area contributed by atoms with Crippen LogP contribution in [0.1, 0.15) is 19.8 Å². The van der Waals surface area contributed by atoms with E-state index in [2.05, 4.69) is 4.98 Å². The number of benzene rings is 1. The maximum absolute atomic E-state index is 12.6. The number of piperidine rings is 1. The van der Waals surface area contributed by atoms with Crippen LogP contribution in [0.4, 0.5) is 0 Å². The van der Waals surface area contributed by atoms with Gasteiger partial charge in [-0.05, 0) is 19.1 Å². The van der Waals surface area contributed by atoms with Gasteiger partial charge in [-0.1, -0.05) is 29.8 Å². The lowest BCUT2D eigenvalue weighted by molar-refractivity contribution is -0.139. The molecule has 1 saturated heterocycles. The summed E-state index contributed by atoms with van der Waals surface area (Å²) in [4.78, 5) is 18.3. The van der Waals surface area contributed by atoms with Gasteiger partial charge >= 0.3 is 0 Å². The Hall–Kier alpha value is -2.27. The first-order valence-electron chi connectivity index (χ1n) is 8.40. The molecule has 1 aromatic heterocycles. The number of pyridine rings is 1. The van der Waals surface area contributed by atoms with Gasteiger partial charge in [0.15, 0.2) is 6.10 Å². The molecular formula is C19H21ClN2O3. The van der Waals surface area contributed by atoms with Crippen molar-refractivity contribution in [3.63, 3.8) is 0 Å². The maximum Gasteiger partial charge on any atom is 0.263 e. The number of halogens is 1. The minimum atomic E-state index is -0.505. The van der Waals surface area contributed by atoms with E-state index >= 15 is 0 Å². The predicted octanol–water partition coefficient (Wildman–Crippen LogP) is 3.57. The van der Waals surface area contributed by atoms with Crippen molar-refractivity contribution in [2.75, 3.05) is 13.1 Å². The number of nitrogens with zero attached hydrogens (tertiary/aromatic N) is 2. The van der Waals surface area contributed by atoms with E-state index in [4.69, 9.17) is 21.1 Å². The highest BCUT2D eigenvalue weighted by molar-refractivity contribution is 6.31. The topological polar surface area (TPSA) is 51.7 Å². The normalized spacial score (nSPS) is 16.3. The molecule has 1 amide bonds. The Labute approximate surface area is 152 Å². The molecular weight excluding hydrogens is 340 g/mol. The summed E-state index contributed by atoms with van der Waals surface area (Å²) >= 11 is 6.07. The summed E-state index contributed by atoms with van der Waals surface area (Å²) in [5.74, 6) is 1.35. The molecule has 1 fully saturated rings. The first-order valence-corrected chi connectivity index (χ1v) is 8.78. The molecule has 0 spiro atoms. The molecule has 25 heavy (non-hydrogen) atoms. The van der Waals surface area contributed by atoms with Crippen LogP contribution in [0.3, 0.4) is 0 Å². The Morgan fingerprint density at radius 3 is 2.64 bits per heavy atom. The molecule has 0 unspecified atom stereocenters. The van der Waals surface area contributed by atoms with E-state index in [9.17, 15) is 4.79 Å². The minimum Gasteiger partial charge on any atom is -0.489 e. The predicted molar refractivity (Wildman–Crippen MR) is 96.0 cm³/mol. The average molecular weight is 361 g/mol. The average Bonchev–Trinajstić information content (AvgIpc) is 2.64. The lowest BCUT2D eigenvalue weighted by Crippen LogP contribution is -2.46. The van der Waals surface area contributed by atoms with Crippen LogP contribution in [0.2, 0.25) is 5.02 Å². The molecule has 2 aromatic rings. The number of amides is 1. The summed E-state index contributed by atoms with van der Waals surface area (Å²) < 4.78 is 11.6. The molecule has 0 N–H and O–H groups in total. The number of carbonyl (C=O) groups excluding carboxylic acids is 1. The number of ether oxygens (including phenoxy) is 2. The van der Waals surface area contributed by atoms with Crippen LogP contribution in [0.25, 0.3) is 0 Å². The first-order chi connectivity index (χ1) is 12.1. The van der Waals surface area contributed by atoms with Crippen LogP contribution >= 0.6 is 11.6 Å². The Morgan fingerprint density at radius 1 is 1.24 bits per heavy atom. The van der Waals surface area contributed by atoms with Crippen LogP contribution < -0.4 is 9.47 Å². The minimum absolute atomic E-state index is 0.00393.